The Hall–Kier alpha value is -3.20. The number of benzene rings is 3. The molecule has 1 saturated carbocycles. The highest BCUT2D eigenvalue weighted by Crippen LogP contribution is 2.40. The van der Waals surface area contributed by atoms with Gasteiger partial charge in [-0.2, -0.15) is 4.57 Å². The predicted molar refractivity (Wildman–Crippen MR) is 128 cm³/mol. The maximum Gasteiger partial charge on any atom is 0.216 e. The number of hydrogen-bond donors (Lipinski definition) is 0. The van der Waals surface area contributed by atoms with Crippen LogP contribution in [0.2, 0.25) is 0 Å². The van der Waals surface area contributed by atoms with Gasteiger partial charge in [0.05, 0.1) is 5.56 Å². The Morgan fingerprint density at radius 3 is 2.50 bits per heavy atom. The third-order valence-corrected chi connectivity index (χ3v) is 7.54. The summed E-state index contributed by atoms with van der Waals surface area (Å²) in [5, 5.41) is 3.34. The molecular formula is C29H27FNO+. The van der Waals surface area contributed by atoms with Crippen LogP contribution >= 0.6 is 0 Å². The highest BCUT2D eigenvalue weighted by molar-refractivity contribution is 6.10. The number of furan rings is 1. The van der Waals surface area contributed by atoms with Crippen LogP contribution in [-0.4, -0.2) is 0 Å². The number of fused-ring (bicyclic) bond motifs is 4. The van der Waals surface area contributed by atoms with E-state index in [1.807, 2.05) is 6.07 Å². The zero-order valence-corrected chi connectivity index (χ0v) is 18.8. The molecule has 1 fully saturated rings. The lowest BCUT2D eigenvalue weighted by molar-refractivity contribution is -0.633. The van der Waals surface area contributed by atoms with E-state index in [0.717, 1.165) is 27.6 Å². The van der Waals surface area contributed by atoms with Gasteiger partial charge in [0.15, 0.2) is 0 Å². The summed E-state index contributed by atoms with van der Waals surface area (Å²) >= 11 is 0. The first kappa shape index (κ1) is 19.5. The van der Waals surface area contributed by atoms with Crippen molar-refractivity contribution in [2.45, 2.75) is 45.4 Å². The van der Waals surface area contributed by atoms with Crippen LogP contribution in [0.4, 0.5) is 4.39 Å². The summed E-state index contributed by atoms with van der Waals surface area (Å²) in [6, 6.07) is 18.2. The van der Waals surface area contributed by atoms with Crippen molar-refractivity contribution in [3.63, 3.8) is 0 Å². The van der Waals surface area contributed by atoms with Crippen LogP contribution in [0.1, 0.15) is 48.3 Å². The average molecular weight is 425 g/mol. The van der Waals surface area contributed by atoms with E-state index in [2.05, 4.69) is 61.9 Å². The van der Waals surface area contributed by atoms with Crippen LogP contribution in [-0.2, 0) is 7.05 Å². The fourth-order valence-electron chi connectivity index (χ4n) is 5.71. The van der Waals surface area contributed by atoms with Gasteiger partial charge in [0.1, 0.15) is 24.0 Å². The molecule has 3 aromatic carbocycles. The summed E-state index contributed by atoms with van der Waals surface area (Å²) in [6.45, 7) is 4.29. The Morgan fingerprint density at radius 2 is 1.69 bits per heavy atom. The SMILES string of the molecule is Cc1cc2c(oc3cc(F)ccc32)c(-c2ccc3c(C4CCCC4)cccc3[n+]2C)c1C. The fraction of sp³-hybridized carbons (Fsp3) is 0.276. The molecule has 5 aromatic rings. The minimum absolute atomic E-state index is 0.276. The third-order valence-electron chi connectivity index (χ3n) is 7.54. The van der Waals surface area contributed by atoms with Crippen molar-refractivity contribution in [1.82, 2.24) is 0 Å². The van der Waals surface area contributed by atoms with Gasteiger partial charge in [-0.15, -0.1) is 0 Å². The van der Waals surface area contributed by atoms with Crippen molar-refractivity contribution in [2.75, 3.05) is 0 Å². The fourth-order valence-corrected chi connectivity index (χ4v) is 5.71. The van der Waals surface area contributed by atoms with Crippen molar-refractivity contribution < 1.29 is 13.4 Å². The molecular weight excluding hydrogens is 397 g/mol. The van der Waals surface area contributed by atoms with Gasteiger partial charge in [0, 0.05) is 34.4 Å². The molecule has 32 heavy (non-hydrogen) atoms. The van der Waals surface area contributed by atoms with E-state index < -0.39 is 0 Å². The highest BCUT2D eigenvalue weighted by atomic mass is 19.1. The summed E-state index contributed by atoms with van der Waals surface area (Å²) < 4.78 is 22.5. The first-order valence-electron chi connectivity index (χ1n) is 11.6. The van der Waals surface area contributed by atoms with Crippen LogP contribution in [0.3, 0.4) is 0 Å². The smallest absolute Gasteiger partial charge is 0.216 e. The molecule has 0 bridgehead atoms. The van der Waals surface area contributed by atoms with Gasteiger partial charge in [-0.1, -0.05) is 25.0 Å². The molecule has 6 rings (SSSR count). The minimum Gasteiger partial charge on any atom is -0.455 e. The van der Waals surface area contributed by atoms with Gasteiger partial charge in [-0.25, -0.2) is 4.39 Å². The summed E-state index contributed by atoms with van der Waals surface area (Å²) in [6.07, 6.45) is 5.24. The average Bonchev–Trinajstić information content (AvgIpc) is 3.43. The molecule has 0 aliphatic heterocycles. The van der Waals surface area contributed by atoms with Gasteiger partial charge >= 0.3 is 0 Å². The number of hydrogen-bond acceptors (Lipinski definition) is 1. The molecule has 2 heterocycles. The quantitative estimate of drug-likeness (QED) is 0.266. The zero-order chi connectivity index (χ0) is 22.0. The number of pyridine rings is 1. The number of rotatable bonds is 2. The molecule has 3 heteroatoms. The normalized spacial score (nSPS) is 14.9. The zero-order valence-electron chi connectivity index (χ0n) is 18.8. The van der Waals surface area contributed by atoms with Gasteiger partial charge in [0.25, 0.3) is 0 Å². The molecule has 1 aliphatic rings. The van der Waals surface area contributed by atoms with E-state index in [4.69, 9.17) is 4.42 Å². The van der Waals surface area contributed by atoms with Crippen molar-refractivity contribution in [3.05, 3.63) is 77.1 Å². The molecule has 0 amide bonds. The van der Waals surface area contributed by atoms with E-state index in [1.165, 1.54) is 65.4 Å². The van der Waals surface area contributed by atoms with Gasteiger partial charge in [-0.3, -0.25) is 0 Å². The Balaban J connectivity index is 1.65. The largest absolute Gasteiger partial charge is 0.455 e. The van der Waals surface area contributed by atoms with E-state index in [9.17, 15) is 4.39 Å². The summed E-state index contributed by atoms with van der Waals surface area (Å²) in [7, 11) is 2.14. The first-order valence-corrected chi connectivity index (χ1v) is 11.6. The van der Waals surface area contributed by atoms with Crippen molar-refractivity contribution in [3.8, 4) is 11.3 Å². The molecule has 2 aromatic heterocycles. The molecule has 0 unspecified atom stereocenters. The second kappa shape index (κ2) is 7.16. The second-order valence-corrected chi connectivity index (χ2v) is 9.35. The van der Waals surface area contributed by atoms with Gasteiger partial charge < -0.3 is 4.42 Å². The maximum atomic E-state index is 13.9. The first-order chi connectivity index (χ1) is 15.5. The number of nitrogens with zero attached hydrogens (tertiary/aromatic N) is 1. The summed E-state index contributed by atoms with van der Waals surface area (Å²) in [4.78, 5) is 0. The number of aromatic nitrogens is 1. The predicted octanol–water partition coefficient (Wildman–Crippen LogP) is 7.64. The molecule has 0 atom stereocenters. The van der Waals surface area contributed by atoms with E-state index >= 15 is 0 Å². The standard InChI is InChI=1S/C29H27FNO/c1-17-15-24-23-12-11-20(30)16-27(23)32-29(24)28(18(17)2)26-14-13-22-21(19-7-4-5-8-19)9-6-10-25(22)31(26)3/h6,9-16,19H,4-5,7-8H2,1-3H3/q+1. The molecule has 1 aliphatic carbocycles. The van der Waals surface area contributed by atoms with Crippen LogP contribution in [0.25, 0.3) is 44.1 Å². The summed E-state index contributed by atoms with van der Waals surface area (Å²) in [5.41, 5.74) is 8.75. The van der Waals surface area contributed by atoms with Crippen LogP contribution in [0, 0.1) is 19.7 Å². The molecule has 2 nitrogen and oxygen atoms in total. The number of aryl methyl sites for hydroxylation is 2. The molecule has 160 valence electrons. The van der Waals surface area contributed by atoms with Crippen LogP contribution < -0.4 is 4.57 Å². The Kier molecular flexibility index (Phi) is 4.36. The van der Waals surface area contributed by atoms with Crippen molar-refractivity contribution in [1.29, 1.82) is 0 Å². The van der Waals surface area contributed by atoms with E-state index in [1.54, 1.807) is 0 Å². The van der Waals surface area contributed by atoms with E-state index in [-0.39, 0.29) is 5.82 Å². The lowest BCUT2D eigenvalue weighted by Gasteiger charge is -2.14. The van der Waals surface area contributed by atoms with Crippen molar-refractivity contribution in [2.24, 2.45) is 7.05 Å². The Bertz CT molecular complexity index is 1520. The van der Waals surface area contributed by atoms with Gasteiger partial charge in [-0.05, 0) is 73.6 Å². The van der Waals surface area contributed by atoms with Gasteiger partial charge in [0.2, 0.25) is 11.2 Å². The Labute approximate surface area is 187 Å². The summed E-state index contributed by atoms with van der Waals surface area (Å²) in [5.74, 6) is 0.393. The highest BCUT2D eigenvalue weighted by Gasteiger charge is 2.26. The lowest BCUT2D eigenvalue weighted by atomic mass is 9.92. The molecule has 0 radical (unpaired) electrons. The minimum atomic E-state index is -0.276. The monoisotopic (exact) mass is 424 g/mol. The maximum absolute atomic E-state index is 13.9. The molecule has 0 saturated heterocycles. The van der Waals surface area contributed by atoms with Crippen LogP contribution in [0.15, 0.2) is 59.0 Å². The van der Waals surface area contributed by atoms with Crippen LogP contribution in [0.5, 0.6) is 0 Å². The second-order valence-electron chi connectivity index (χ2n) is 9.35. The third kappa shape index (κ3) is 2.80. The van der Waals surface area contributed by atoms with E-state index in [0.29, 0.717) is 11.5 Å². The molecule has 0 N–H and O–H groups in total. The topological polar surface area (TPSA) is 17.0 Å². The number of halogens is 1. The van der Waals surface area contributed by atoms with Crippen molar-refractivity contribution >= 4 is 32.8 Å². The Morgan fingerprint density at radius 1 is 0.906 bits per heavy atom. The lowest BCUT2D eigenvalue weighted by Crippen LogP contribution is -2.32. The molecule has 0 spiro atoms.